The molecule has 0 saturated carbocycles. The van der Waals surface area contributed by atoms with Crippen LogP contribution in [0.4, 0.5) is 39.5 Å². The van der Waals surface area contributed by atoms with E-state index in [1.807, 2.05) is 13.8 Å². The van der Waals surface area contributed by atoms with Crippen molar-refractivity contribution in [2.75, 3.05) is 13.1 Å². The van der Waals surface area contributed by atoms with Gasteiger partial charge >= 0.3 is 18.5 Å². The summed E-state index contributed by atoms with van der Waals surface area (Å²) in [6.45, 7) is 1.54. The molecule has 0 atom stereocenters. The highest BCUT2D eigenvalue weighted by Crippen LogP contribution is 2.39. The molecule has 232 valence electrons. The summed E-state index contributed by atoms with van der Waals surface area (Å²) in [5.74, 6) is -3.35. The minimum atomic E-state index is -5.27. The summed E-state index contributed by atoms with van der Waals surface area (Å²) in [5, 5.41) is 3.03. The number of halogens is 10. The van der Waals surface area contributed by atoms with Crippen LogP contribution in [0.15, 0.2) is 60.7 Å². The van der Waals surface area contributed by atoms with Crippen molar-refractivity contribution in [1.29, 1.82) is 0 Å². The monoisotopic (exact) mass is 640 g/mol. The van der Waals surface area contributed by atoms with Gasteiger partial charge in [0.25, 0.3) is 5.91 Å². The lowest BCUT2D eigenvalue weighted by atomic mass is 9.94. The van der Waals surface area contributed by atoms with Gasteiger partial charge in [-0.1, -0.05) is 49.7 Å². The summed E-state index contributed by atoms with van der Waals surface area (Å²) < 4.78 is 118. The van der Waals surface area contributed by atoms with Gasteiger partial charge in [0.05, 0.1) is 17.7 Å². The van der Waals surface area contributed by atoms with E-state index in [-0.39, 0.29) is 34.0 Å². The zero-order valence-corrected chi connectivity index (χ0v) is 22.9. The van der Waals surface area contributed by atoms with Crippen LogP contribution in [0.1, 0.15) is 45.7 Å². The molecule has 0 aliphatic heterocycles. The molecule has 0 unspecified atom stereocenters. The molecule has 5 nitrogen and oxygen atoms in total. The number of nitrogens with one attached hydrogen (secondary N) is 2. The third-order valence-electron chi connectivity index (χ3n) is 5.45. The molecule has 0 aliphatic rings. The van der Waals surface area contributed by atoms with E-state index < -0.39 is 70.9 Å². The van der Waals surface area contributed by atoms with Gasteiger partial charge < -0.3 is 10.6 Å². The number of allylic oxidation sites excluding steroid dienone is 2. The molecular weight excluding hydrogens is 619 g/mol. The van der Waals surface area contributed by atoms with Crippen molar-refractivity contribution < 1.29 is 53.9 Å². The quantitative estimate of drug-likeness (QED) is 0.157. The van der Waals surface area contributed by atoms with E-state index in [0.717, 1.165) is 12.1 Å². The number of amides is 2. The Balaban J connectivity index is 0.00000316. The lowest BCUT2D eigenvalue weighted by Gasteiger charge is -2.15. The van der Waals surface area contributed by atoms with Crippen molar-refractivity contribution >= 4 is 45.5 Å². The maximum absolute atomic E-state index is 13.9. The molecule has 0 aromatic heterocycles. The smallest absolute Gasteiger partial charge is 0.345 e. The summed E-state index contributed by atoms with van der Waals surface area (Å²) in [4.78, 5) is 37.2. The van der Waals surface area contributed by atoms with E-state index in [0.29, 0.717) is 12.1 Å². The van der Waals surface area contributed by atoms with Crippen LogP contribution in [0.2, 0.25) is 5.02 Å². The summed E-state index contributed by atoms with van der Waals surface area (Å²) >= 11 is 5.62. The normalized spacial score (nSPS) is 12.3. The van der Waals surface area contributed by atoms with Gasteiger partial charge in [-0.3, -0.25) is 14.4 Å². The van der Waals surface area contributed by atoms with Crippen LogP contribution in [0, 0.1) is 0 Å². The number of carbonyl (C=O) groups is 3. The highest BCUT2D eigenvalue weighted by molar-refractivity contribution is 6.31. The first-order valence-electron chi connectivity index (χ1n) is 12.2. The molecule has 3 rings (SSSR count). The Morgan fingerprint density at radius 2 is 1.35 bits per heavy atom. The number of fused-ring (bicyclic) bond motifs is 1. The van der Waals surface area contributed by atoms with Gasteiger partial charge in [0.1, 0.15) is 6.54 Å². The van der Waals surface area contributed by atoms with Crippen LogP contribution in [-0.4, -0.2) is 43.0 Å². The zero-order chi connectivity index (χ0) is 32.8. The second-order valence-electron chi connectivity index (χ2n) is 8.43. The van der Waals surface area contributed by atoms with Crippen LogP contribution < -0.4 is 10.6 Å². The van der Waals surface area contributed by atoms with E-state index in [1.54, 1.807) is 5.32 Å². The number of carbonyl (C=O) groups excluding carboxylic acids is 3. The van der Waals surface area contributed by atoms with Crippen LogP contribution in [0.25, 0.3) is 16.3 Å². The number of ketones is 1. The van der Waals surface area contributed by atoms with Gasteiger partial charge in [0.15, 0.2) is 5.78 Å². The molecule has 2 amide bonds. The summed E-state index contributed by atoms with van der Waals surface area (Å²) in [6.07, 6.45) is -14.9. The average Bonchev–Trinajstić information content (AvgIpc) is 2.92. The third-order valence-corrected chi connectivity index (χ3v) is 5.66. The first-order valence-corrected chi connectivity index (χ1v) is 12.6. The second-order valence-corrected chi connectivity index (χ2v) is 8.86. The molecular formula is C28H22ClF9N2O3. The number of benzene rings is 3. The van der Waals surface area contributed by atoms with Crippen LogP contribution in [-0.2, 0) is 11.0 Å². The topological polar surface area (TPSA) is 75.3 Å². The molecule has 0 aliphatic carbocycles. The van der Waals surface area contributed by atoms with Gasteiger partial charge in [-0.15, -0.1) is 0 Å². The zero-order valence-electron chi connectivity index (χ0n) is 22.2. The lowest BCUT2D eigenvalue weighted by molar-refractivity contribution is -0.137. The number of alkyl halides is 9. The van der Waals surface area contributed by atoms with Gasteiger partial charge in [-0.05, 0) is 52.7 Å². The fourth-order valence-electron chi connectivity index (χ4n) is 3.68. The molecule has 3 aromatic rings. The standard InChI is InChI=1S/C26H16ClF9N2O3.C2H6/c27-15-8-13(7-14(9-15)25(31,32)33)20(26(34,35)36)10-21(39)18-5-6-19(17-4-2-1-3-16(17)18)23(41)37-11-22(40)38-12-24(28,29)30;1-2/h1-10H,11-12H2,(H,37,41)(H,38,40);1-2H3/b20-10+;. The maximum Gasteiger partial charge on any atom is 0.417 e. The maximum atomic E-state index is 13.9. The lowest BCUT2D eigenvalue weighted by Crippen LogP contribution is -2.40. The van der Waals surface area contributed by atoms with Gasteiger partial charge in [-0.2, -0.15) is 39.5 Å². The molecule has 0 saturated heterocycles. The molecule has 0 radical (unpaired) electrons. The fraction of sp³-hybridized carbons (Fsp3) is 0.250. The molecule has 2 N–H and O–H groups in total. The minimum Gasteiger partial charge on any atom is -0.345 e. The highest BCUT2D eigenvalue weighted by atomic mass is 35.5. The van der Waals surface area contributed by atoms with E-state index in [2.05, 4.69) is 5.32 Å². The predicted octanol–water partition coefficient (Wildman–Crippen LogP) is 7.78. The molecule has 3 aromatic carbocycles. The number of hydrogen-bond donors (Lipinski definition) is 2. The van der Waals surface area contributed by atoms with Crippen LogP contribution >= 0.6 is 11.6 Å². The minimum absolute atomic E-state index is 0.0217. The summed E-state index contributed by atoms with van der Waals surface area (Å²) in [7, 11) is 0. The molecule has 0 heterocycles. The van der Waals surface area contributed by atoms with Crippen molar-refractivity contribution in [2.24, 2.45) is 0 Å². The molecule has 43 heavy (non-hydrogen) atoms. The van der Waals surface area contributed by atoms with Crippen molar-refractivity contribution in [3.63, 3.8) is 0 Å². The molecule has 0 fully saturated rings. The summed E-state index contributed by atoms with van der Waals surface area (Å²) in [6, 6.07) is 8.72. The molecule has 0 spiro atoms. The van der Waals surface area contributed by atoms with Crippen molar-refractivity contribution in [3.8, 4) is 0 Å². The summed E-state index contributed by atoms with van der Waals surface area (Å²) in [5.41, 5.74) is -4.68. The number of hydrogen-bond acceptors (Lipinski definition) is 3. The van der Waals surface area contributed by atoms with Crippen molar-refractivity contribution in [1.82, 2.24) is 10.6 Å². The predicted molar refractivity (Wildman–Crippen MR) is 142 cm³/mol. The Hall–Kier alpha value is -4.07. The Morgan fingerprint density at radius 3 is 1.88 bits per heavy atom. The first-order chi connectivity index (χ1) is 19.9. The van der Waals surface area contributed by atoms with E-state index >= 15 is 0 Å². The Morgan fingerprint density at radius 1 is 0.791 bits per heavy atom. The Bertz CT molecular complexity index is 1530. The van der Waals surface area contributed by atoms with Gasteiger partial charge in [0, 0.05) is 16.1 Å². The van der Waals surface area contributed by atoms with E-state index in [4.69, 9.17) is 11.6 Å². The van der Waals surface area contributed by atoms with Crippen molar-refractivity contribution in [3.05, 3.63) is 87.9 Å². The largest absolute Gasteiger partial charge is 0.417 e. The molecule has 15 heteroatoms. The number of rotatable bonds is 7. The van der Waals surface area contributed by atoms with Crippen LogP contribution in [0.5, 0.6) is 0 Å². The second kappa shape index (κ2) is 13.9. The average molecular weight is 641 g/mol. The first kappa shape index (κ1) is 35.1. The Kier molecular flexibility index (Phi) is 11.4. The van der Waals surface area contributed by atoms with Gasteiger partial charge in [-0.25, -0.2) is 0 Å². The third kappa shape index (κ3) is 9.73. The van der Waals surface area contributed by atoms with E-state index in [1.165, 1.54) is 24.3 Å². The van der Waals surface area contributed by atoms with Gasteiger partial charge in [0.2, 0.25) is 5.91 Å². The Labute approximate surface area is 243 Å². The van der Waals surface area contributed by atoms with Crippen LogP contribution in [0.3, 0.4) is 0 Å². The van der Waals surface area contributed by atoms with Crippen molar-refractivity contribution in [2.45, 2.75) is 32.4 Å². The highest BCUT2D eigenvalue weighted by Gasteiger charge is 2.38. The SMILES string of the molecule is CC.O=C(CNC(=O)c1ccc(C(=O)/C=C(\c2cc(Cl)cc(C(F)(F)F)c2)C(F)(F)F)c2ccccc12)NCC(F)(F)F. The fourth-order valence-corrected chi connectivity index (χ4v) is 3.91. The van der Waals surface area contributed by atoms with E-state index in [9.17, 15) is 53.9 Å². The molecule has 0 bridgehead atoms.